The number of nitrogens with zero attached hydrogens (tertiary/aromatic N) is 2. The standard InChI is InChI=1S/C10H11FN2O.C2H6/c1-7-2-3-9(12-6-7)13-5-4-8(11)10(13)14;1-2/h2-3,6,8H,4-5H2,1H3;1-2H3. The van der Waals surface area contributed by atoms with Gasteiger partial charge in [0, 0.05) is 19.2 Å². The van der Waals surface area contributed by atoms with Crippen LogP contribution in [0.3, 0.4) is 0 Å². The number of rotatable bonds is 1. The molecule has 0 aromatic carbocycles. The minimum Gasteiger partial charge on any atom is -0.294 e. The maximum atomic E-state index is 12.9. The van der Waals surface area contributed by atoms with Crippen LogP contribution in [0.5, 0.6) is 0 Å². The zero-order valence-corrected chi connectivity index (χ0v) is 9.90. The Morgan fingerprint density at radius 1 is 1.44 bits per heavy atom. The van der Waals surface area contributed by atoms with E-state index in [4.69, 9.17) is 0 Å². The number of aryl methyl sites for hydroxylation is 1. The molecule has 88 valence electrons. The Bertz CT molecular complexity index is 351. The molecule has 0 aliphatic carbocycles. The van der Waals surface area contributed by atoms with E-state index in [9.17, 15) is 9.18 Å². The maximum Gasteiger partial charge on any atom is 0.262 e. The van der Waals surface area contributed by atoms with E-state index in [1.807, 2.05) is 26.8 Å². The van der Waals surface area contributed by atoms with Crippen LogP contribution in [-0.4, -0.2) is 23.6 Å². The van der Waals surface area contributed by atoms with Gasteiger partial charge in [-0.05, 0) is 18.6 Å². The van der Waals surface area contributed by atoms with E-state index in [1.165, 1.54) is 4.90 Å². The molecule has 0 bridgehead atoms. The van der Waals surface area contributed by atoms with Crippen LogP contribution < -0.4 is 4.90 Å². The van der Waals surface area contributed by atoms with Crippen molar-refractivity contribution < 1.29 is 9.18 Å². The Morgan fingerprint density at radius 2 is 2.12 bits per heavy atom. The van der Waals surface area contributed by atoms with Gasteiger partial charge in [-0.2, -0.15) is 0 Å². The number of pyridine rings is 1. The Kier molecular flexibility index (Phi) is 4.40. The zero-order chi connectivity index (χ0) is 12.1. The molecular weight excluding hydrogens is 207 g/mol. The summed E-state index contributed by atoms with van der Waals surface area (Å²) in [6.07, 6.45) is 0.598. The van der Waals surface area contributed by atoms with Crippen molar-refractivity contribution in [2.75, 3.05) is 11.4 Å². The fourth-order valence-corrected chi connectivity index (χ4v) is 1.49. The molecule has 1 aliphatic heterocycles. The highest BCUT2D eigenvalue weighted by molar-refractivity contribution is 5.97. The highest BCUT2D eigenvalue weighted by atomic mass is 19.1. The van der Waals surface area contributed by atoms with Gasteiger partial charge in [-0.1, -0.05) is 19.9 Å². The Hall–Kier alpha value is -1.45. The summed E-state index contributed by atoms with van der Waals surface area (Å²) in [7, 11) is 0. The Labute approximate surface area is 95.3 Å². The van der Waals surface area contributed by atoms with Gasteiger partial charge in [0.05, 0.1) is 0 Å². The van der Waals surface area contributed by atoms with E-state index >= 15 is 0 Å². The summed E-state index contributed by atoms with van der Waals surface area (Å²) in [5.41, 5.74) is 1.03. The summed E-state index contributed by atoms with van der Waals surface area (Å²) in [5, 5.41) is 0. The van der Waals surface area contributed by atoms with Gasteiger partial charge in [0.2, 0.25) is 0 Å². The van der Waals surface area contributed by atoms with Crippen LogP contribution >= 0.6 is 0 Å². The predicted molar refractivity (Wildman–Crippen MR) is 62.2 cm³/mol. The largest absolute Gasteiger partial charge is 0.294 e. The molecule has 2 rings (SSSR count). The zero-order valence-electron chi connectivity index (χ0n) is 9.90. The molecule has 1 unspecified atom stereocenters. The fraction of sp³-hybridized carbons (Fsp3) is 0.500. The molecular formula is C12H17FN2O. The molecule has 2 heterocycles. The van der Waals surface area contributed by atoms with Crippen molar-refractivity contribution in [2.45, 2.75) is 33.4 Å². The lowest BCUT2D eigenvalue weighted by Gasteiger charge is -2.13. The predicted octanol–water partition coefficient (Wildman–Crippen LogP) is 2.49. The molecule has 0 saturated carbocycles. The number of aromatic nitrogens is 1. The van der Waals surface area contributed by atoms with E-state index in [-0.39, 0.29) is 6.42 Å². The first-order chi connectivity index (χ1) is 7.68. The van der Waals surface area contributed by atoms with Crippen LogP contribution in [0.25, 0.3) is 0 Å². The summed E-state index contributed by atoms with van der Waals surface area (Å²) >= 11 is 0. The number of hydrogen-bond donors (Lipinski definition) is 0. The van der Waals surface area contributed by atoms with Gasteiger partial charge >= 0.3 is 0 Å². The van der Waals surface area contributed by atoms with Crippen LogP contribution in [-0.2, 0) is 4.79 Å². The average molecular weight is 224 g/mol. The van der Waals surface area contributed by atoms with Crippen LogP contribution in [0, 0.1) is 6.92 Å². The average Bonchev–Trinajstić information content (AvgIpc) is 2.64. The first kappa shape index (κ1) is 12.6. The summed E-state index contributed by atoms with van der Waals surface area (Å²) in [4.78, 5) is 16.8. The van der Waals surface area contributed by atoms with Crippen molar-refractivity contribution in [3.63, 3.8) is 0 Å². The third-order valence-electron chi connectivity index (χ3n) is 2.31. The monoisotopic (exact) mass is 224 g/mol. The highest BCUT2D eigenvalue weighted by Gasteiger charge is 2.32. The van der Waals surface area contributed by atoms with E-state index in [1.54, 1.807) is 12.3 Å². The van der Waals surface area contributed by atoms with Crippen molar-refractivity contribution in [1.82, 2.24) is 4.98 Å². The van der Waals surface area contributed by atoms with E-state index < -0.39 is 12.1 Å². The molecule has 4 heteroatoms. The van der Waals surface area contributed by atoms with Crippen molar-refractivity contribution in [3.05, 3.63) is 23.9 Å². The molecule has 0 spiro atoms. The van der Waals surface area contributed by atoms with Crippen molar-refractivity contribution in [2.24, 2.45) is 0 Å². The summed E-state index contributed by atoms with van der Waals surface area (Å²) in [5.74, 6) is 0.0714. The van der Waals surface area contributed by atoms with E-state index in [0.29, 0.717) is 12.4 Å². The van der Waals surface area contributed by atoms with E-state index in [2.05, 4.69) is 4.98 Å². The Balaban J connectivity index is 0.000000606. The van der Waals surface area contributed by atoms with Crippen molar-refractivity contribution >= 4 is 11.7 Å². The second kappa shape index (κ2) is 5.58. The lowest BCUT2D eigenvalue weighted by molar-refractivity contribution is -0.121. The van der Waals surface area contributed by atoms with Gasteiger partial charge < -0.3 is 0 Å². The quantitative estimate of drug-likeness (QED) is 0.734. The molecule has 16 heavy (non-hydrogen) atoms. The minimum atomic E-state index is -1.35. The lowest BCUT2D eigenvalue weighted by atomic mass is 10.3. The van der Waals surface area contributed by atoms with Crippen LogP contribution in [0.4, 0.5) is 10.2 Å². The van der Waals surface area contributed by atoms with Crippen molar-refractivity contribution in [1.29, 1.82) is 0 Å². The van der Waals surface area contributed by atoms with Gasteiger partial charge in [-0.3, -0.25) is 9.69 Å². The molecule has 0 N–H and O–H groups in total. The number of hydrogen-bond acceptors (Lipinski definition) is 2. The summed E-state index contributed by atoms with van der Waals surface area (Å²) < 4.78 is 12.9. The normalized spacial score (nSPS) is 19.4. The SMILES string of the molecule is CC.Cc1ccc(N2CCC(F)C2=O)nc1. The van der Waals surface area contributed by atoms with Crippen LogP contribution in [0.1, 0.15) is 25.8 Å². The fourth-order valence-electron chi connectivity index (χ4n) is 1.49. The molecule has 3 nitrogen and oxygen atoms in total. The molecule has 1 aromatic heterocycles. The Morgan fingerprint density at radius 3 is 2.56 bits per heavy atom. The highest BCUT2D eigenvalue weighted by Crippen LogP contribution is 2.20. The second-order valence-electron chi connectivity index (χ2n) is 3.44. The van der Waals surface area contributed by atoms with Gasteiger partial charge in [0.15, 0.2) is 6.17 Å². The second-order valence-corrected chi connectivity index (χ2v) is 3.44. The molecule has 1 fully saturated rings. The first-order valence-electron chi connectivity index (χ1n) is 5.56. The topological polar surface area (TPSA) is 33.2 Å². The minimum absolute atomic E-state index is 0.272. The summed E-state index contributed by atoms with van der Waals surface area (Å²) in [6, 6.07) is 3.60. The van der Waals surface area contributed by atoms with Gasteiger partial charge in [0.1, 0.15) is 5.82 Å². The molecule has 1 aromatic rings. The van der Waals surface area contributed by atoms with Crippen LogP contribution in [0.2, 0.25) is 0 Å². The number of anilines is 1. The third-order valence-corrected chi connectivity index (χ3v) is 2.31. The lowest BCUT2D eigenvalue weighted by Crippen LogP contribution is -2.28. The first-order valence-corrected chi connectivity index (χ1v) is 5.56. The van der Waals surface area contributed by atoms with Gasteiger partial charge in [-0.15, -0.1) is 0 Å². The molecule has 0 radical (unpaired) electrons. The number of carbonyl (C=O) groups excluding carboxylic acids is 1. The molecule has 1 saturated heterocycles. The summed E-state index contributed by atoms with van der Waals surface area (Å²) in [6.45, 7) is 6.34. The number of alkyl halides is 1. The number of amides is 1. The maximum absolute atomic E-state index is 12.9. The van der Waals surface area contributed by atoms with Crippen molar-refractivity contribution in [3.8, 4) is 0 Å². The number of carbonyl (C=O) groups is 1. The molecule has 1 aliphatic rings. The van der Waals surface area contributed by atoms with Gasteiger partial charge in [0.25, 0.3) is 5.91 Å². The van der Waals surface area contributed by atoms with E-state index in [0.717, 1.165) is 5.56 Å². The van der Waals surface area contributed by atoms with Crippen LogP contribution in [0.15, 0.2) is 18.3 Å². The van der Waals surface area contributed by atoms with Gasteiger partial charge in [-0.25, -0.2) is 9.37 Å². The number of halogens is 1. The molecule has 1 amide bonds. The molecule has 1 atom stereocenters. The third kappa shape index (κ3) is 2.56. The smallest absolute Gasteiger partial charge is 0.262 e.